The van der Waals surface area contributed by atoms with Gasteiger partial charge in [-0.05, 0) is 72.0 Å². The monoisotopic (exact) mass is 523 g/mol. The predicted molar refractivity (Wildman–Crippen MR) is 140 cm³/mol. The van der Waals surface area contributed by atoms with Crippen LogP contribution in [0.25, 0.3) is 16.6 Å². The highest BCUT2D eigenvalue weighted by Gasteiger charge is 2.54. The van der Waals surface area contributed by atoms with E-state index in [4.69, 9.17) is 4.74 Å². The Bertz CT molecular complexity index is 1690. The molecule has 0 radical (unpaired) electrons. The zero-order chi connectivity index (χ0) is 27.0. The van der Waals surface area contributed by atoms with Crippen molar-refractivity contribution in [1.29, 1.82) is 0 Å². The number of halogens is 2. The SMILES string of the molecule is O=C(Cc1ccc(F)cc1)C1(C(=O)Cc2ccc(Oc3ccnn4ccc(-c5ccncc5)c34)c(F)c2)CC1. The van der Waals surface area contributed by atoms with Gasteiger partial charge in [-0.15, -0.1) is 0 Å². The number of ether oxygens (including phenoxy) is 1. The molecule has 8 heteroatoms. The topological polar surface area (TPSA) is 73.6 Å². The average molecular weight is 524 g/mol. The Balaban J connectivity index is 1.19. The standard InChI is InChI=1S/C31H23F2N3O3/c32-23-4-1-20(2-5-23)18-28(37)31(11-12-31)29(38)19-21-3-6-26(25(33)17-21)39-27-9-15-35-36-16-10-24(30(27)36)22-7-13-34-14-8-22/h1-10,13-17H,11-12,18-19H2. The molecule has 0 N–H and O–H groups in total. The number of Topliss-reactive ketones (excluding diaryl/α,β-unsaturated/α-hetero) is 2. The third-order valence-corrected chi connectivity index (χ3v) is 7.18. The molecule has 1 aliphatic rings. The summed E-state index contributed by atoms with van der Waals surface area (Å²) in [5.41, 5.74) is 2.55. The van der Waals surface area contributed by atoms with Crippen LogP contribution in [0.1, 0.15) is 24.0 Å². The van der Waals surface area contributed by atoms with Crippen LogP contribution in [-0.2, 0) is 22.4 Å². The molecule has 194 valence electrons. The number of ketones is 2. The van der Waals surface area contributed by atoms with E-state index in [0.717, 1.165) is 11.1 Å². The highest BCUT2D eigenvalue weighted by molar-refractivity contribution is 6.10. The lowest BCUT2D eigenvalue weighted by Gasteiger charge is -2.14. The van der Waals surface area contributed by atoms with Crippen molar-refractivity contribution < 1.29 is 23.1 Å². The number of carbonyl (C=O) groups excluding carboxylic acids is 2. The summed E-state index contributed by atoms with van der Waals surface area (Å²) in [6, 6.07) is 17.4. The molecule has 1 saturated carbocycles. The summed E-state index contributed by atoms with van der Waals surface area (Å²) in [4.78, 5) is 30.1. The van der Waals surface area contributed by atoms with Crippen molar-refractivity contribution in [3.8, 4) is 22.6 Å². The summed E-state index contributed by atoms with van der Waals surface area (Å²) < 4.78 is 36.0. The fourth-order valence-corrected chi connectivity index (χ4v) is 4.87. The van der Waals surface area contributed by atoms with E-state index in [2.05, 4.69) is 10.1 Å². The molecule has 0 amide bonds. The maximum atomic E-state index is 15.2. The number of carbonyl (C=O) groups is 2. The van der Waals surface area contributed by atoms with Crippen molar-refractivity contribution in [2.45, 2.75) is 25.7 Å². The van der Waals surface area contributed by atoms with Crippen LogP contribution < -0.4 is 4.74 Å². The number of hydrogen-bond acceptors (Lipinski definition) is 5. The molecule has 2 aromatic carbocycles. The average Bonchev–Trinajstić information content (AvgIpc) is 3.65. The fraction of sp³-hybridized carbons (Fsp3) is 0.161. The minimum atomic E-state index is -1.04. The molecule has 3 heterocycles. The van der Waals surface area contributed by atoms with Crippen molar-refractivity contribution in [2.75, 3.05) is 0 Å². The highest BCUT2D eigenvalue weighted by atomic mass is 19.1. The van der Waals surface area contributed by atoms with Crippen LogP contribution in [0.3, 0.4) is 0 Å². The minimum Gasteiger partial charge on any atom is -0.452 e. The molecule has 0 spiro atoms. The van der Waals surface area contributed by atoms with Crippen LogP contribution in [0.5, 0.6) is 11.5 Å². The zero-order valence-electron chi connectivity index (χ0n) is 20.8. The Morgan fingerprint density at radius 3 is 2.21 bits per heavy atom. The zero-order valence-corrected chi connectivity index (χ0v) is 20.8. The van der Waals surface area contributed by atoms with E-state index in [0.29, 0.717) is 35.2 Å². The smallest absolute Gasteiger partial charge is 0.166 e. The molecule has 0 aliphatic heterocycles. The number of nitrogens with zero attached hydrogens (tertiary/aromatic N) is 3. The van der Waals surface area contributed by atoms with E-state index >= 15 is 4.39 Å². The van der Waals surface area contributed by atoms with Crippen LogP contribution in [0.4, 0.5) is 8.78 Å². The van der Waals surface area contributed by atoms with Crippen molar-refractivity contribution in [3.63, 3.8) is 0 Å². The minimum absolute atomic E-state index is 0.00898. The Morgan fingerprint density at radius 1 is 0.821 bits per heavy atom. The first-order chi connectivity index (χ1) is 18.9. The first-order valence-electron chi connectivity index (χ1n) is 12.6. The largest absolute Gasteiger partial charge is 0.452 e. The quantitative estimate of drug-likeness (QED) is 0.216. The molecule has 0 atom stereocenters. The summed E-state index contributed by atoms with van der Waals surface area (Å²) in [5.74, 6) is -0.974. The van der Waals surface area contributed by atoms with Crippen LogP contribution in [-0.4, -0.2) is 26.2 Å². The van der Waals surface area contributed by atoms with Gasteiger partial charge in [0, 0.05) is 43.1 Å². The van der Waals surface area contributed by atoms with Gasteiger partial charge in [-0.1, -0.05) is 18.2 Å². The van der Waals surface area contributed by atoms with E-state index in [9.17, 15) is 14.0 Å². The number of pyridine rings is 1. The van der Waals surface area contributed by atoms with Crippen molar-refractivity contribution in [2.24, 2.45) is 5.41 Å². The second-order valence-corrected chi connectivity index (χ2v) is 9.73. The van der Waals surface area contributed by atoms with E-state index in [1.807, 2.05) is 18.2 Å². The summed E-state index contributed by atoms with van der Waals surface area (Å²) in [5, 5.41) is 4.32. The lowest BCUT2D eigenvalue weighted by molar-refractivity contribution is -0.133. The molecule has 0 saturated heterocycles. The summed E-state index contributed by atoms with van der Waals surface area (Å²) in [6.45, 7) is 0. The van der Waals surface area contributed by atoms with Gasteiger partial charge in [-0.25, -0.2) is 13.3 Å². The van der Waals surface area contributed by atoms with Crippen LogP contribution >= 0.6 is 0 Å². The maximum Gasteiger partial charge on any atom is 0.166 e. The number of fused-ring (bicyclic) bond motifs is 1. The Hall–Kier alpha value is -4.72. The molecule has 39 heavy (non-hydrogen) atoms. The number of aromatic nitrogens is 3. The molecule has 3 aromatic heterocycles. The third-order valence-electron chi connectivity index (χ3n) is 7.18. The summed E-state index contributed by atoms with van der Waals surface area (Å²) in [6.07, 6.45) is 7.71. The van der Waals surface area contributed by atoms with E-state index in [-0.39, 0.29) is 36.0 Å². The van der Waals surface area contributed by atoms with Gasteiger partial charge >= 0.3 is 0 Å². The molecular formula is C31H23F2N3O3. The normalized spacial score (nSPS) is 13.8. The van der Waals surface area contributed by atoms with Gasteiger partial charge in [-0.2, -0.15) is 5.10 Å². The molecule has 5 aromatic rings. The highest BCUT2D eigenvalue weighted by Crippen LogP contribution is 2.49. The molecule has 1 fully saturated rings. The Morgan fingerprint density at radius 2 is 1.51 bits per heavy atom. The lowest BCUT2D eigenvalue weighted by Crippen LogP contribution is -2.28. The van der Waals surface area contributed by atoms with Crippen molar-refractivity contribution in [1.82, 2.24) is 14.6 Å². The van der Waals surface area contributed by atoms with Crippen LogP contribution in [0, 0.1) is 17.0 Å². The van der Waals surface area contributed by atoms with Crippen molar-refractivity contribution >= 4 is 17.1 Å². The van der Waals surface area contributed by atoms with Gasteiger partial charge < -0.3 is 4.74 Å². The van der Waals surface area contributed by atoms with Gasteiger partial charge in [0.25, 0.3) is 0 Å². The fourth-order valence-electron chi connectivity index (χ4n) is 4.87. The summed E-state index contributed by atoms with van der Waals surface area (Å²) >= 11 is 0. The van der Waals surface area contributed by atoms with E-state index in [1.54, 1.807) is 53.6 Å². The van der Waals surface area contributed by atoms with Crippen LogP contribution in [0.15, 0.2) is 91.5 Å². The lowest BCUT2D eigenvalue weighted by atomic mass is 9.88. The molecule has 0 bridgehead atoms. The van der Waals surface area contributed by atoms with E-state index < -0.39 is 11.2 Å². The Labute approximate surface area is 222 Å². The Kier molecular flexibility index (Phi) is 6.23. The summed E-state index contributed by atoms with van der Waals surface area (Å²) in [7, 11) is 0. The molecular weight excluding hydrogens is 500 g/mol. The van der Waals surface area contributed by atoms with Crippen molar-refractivity contribution in [3.05, 3.63) is 114 Å². The van der Waals surface area contributed by atoms with E-state index in [1.165, 1.54) is 24.3 Å². The van der Waals surface area contributed by atoms with Gasteiger partial charge in [0.15, 0.2) is 28.9 Å². The third kappa shape index (κ3) is 4.81. The van der Waals surface area contributed by atoms with Crippen LogP contribution in [0.2, 0.25) is 0 Å². The van der Waals surface area contributed by atoms with Gasteiger partial charge in [0.1, 0.15) is 11.3 Å². The van der Waals surface area contributed by atoms with Gasteiger partial charge in [-0.3, -0.25) is 14.6 Å². The molecule has 0 unspecified atom stereocenters. The second-order valence-electron chi connectivity index (χ2n) is 9.73. The first-order valence-corrected chi connectivity index (χ1v) is 12.6. The first kappa shape index (κ1) is 24.6. The predicted octanol–water partition coefficient (Wildman–Crippen LogP) is 6.17. The molecule has 1 aliphatic carbocycles. The second kappa shape index (κ2) is 9.87. The number of hydrogen-bond donors (Lipinski definition) is 0. The molecule has 6 rings (SSSR count). The number of benzene rings is 2. The maximum absolute atomic E-state index is 15.2. The van der Waals surface area contributed by atoms with Gasteiger partial charge in [0.2, 0.25) is 0 Å². The van der Waals surface area contributed by atoms with Gasteiger partial charge in [0.05, 0.1) is 11.6 Å². The number of rotatable bonds is 9. The molecule has 6 nitrogen and oxygen atoms in total.